The Balaban J connectivity index is 2.81. The highest BCUT2D eigenvalue weighted by molar-refractivity contribution is 5.87. The van der Waals surface area contributed by atoms with Crippen LogP contribution in [0.15, 0.2) is 0 Å². The quantitative estimate of drug-likeness (QED) is 0.715. The molecule has 1 fully saturated rings. The summed E-state index contributed by atoms with van der Waals surface area (Å²) in [5, 5.41) is 0. The minimum absolute atomic E-state index is 0.0346. The van der Waals surface area contributed by atoms with Crippen molar-refractivity contribution in [3.05, 3.63) is 0 Å². The lowest BCUT2D eigenvalue weighted by molar-refractivity contribution is -0.153. The van der Waals surface area contributed by atoms with Gasteiger partial charge in [-0.1, -0.05) is 13.8 Å². The van der Waals surface area contributed by atoms with Crippen LogP contribution in [0.3, 0.4) is 0 Å². The average molecular weight is 286 g/mol. The number of carbonyl (C=O) groups is 2. The highest BCUT2D eigenvalue weighted by Crippen LogP contribution is 2.29. The number of amides is 1. The topological polar surface area (TPSA) is 81.9 Å². The molecule has 1 heterocycles. The molecular weight excluding hydrogens is 260 g/mol. The Hall–Kier alpha value is -1.14. The molecule has 2 unspecified atom stereocenters. The first-order valence-corrected chi connectivity index (χ1v) is 7.09. The van der Waals surface area contributed by atoms with Crippen molar-refractivity contribution in [1.82, 2.24) is 4.90 Å². The molecule has 1 saturated heterocycles. The zero-order valence-corrected chi connectivity index (χ0v) is 12.8. The van der Waals surface area contributed by atoms with E-state index < -0.39 is 11.4 Å². The molecule has 0 aliphatic carbocycles. The lowest BCUT2D eigenvalue weighted by Gasteiger charge is -2.33. The van der Waals surface area contributed by atoms with Gasteiger partial charge >= 0.3 is 5.97 Å². The van der Waals surface area contributed by atoms with Gasteiger partial charge in [0.2, 0.25) is 5.91 Å². The van der Waals surface area contributed by atoms with Gasteiger partial charge in [0.25, 0.3) is 0 Å². The second kappa shape index (κ2) is 7.04. The third-order valence-corrected chi connectivity index (χ3v) is 3.50. The number of hydrogen-bond acceptors (Lipinski definition) is 5. The molecule has 2 N–H and O–H groups in total. The van der Waals surface area contributed by atoms with Crippen LogP contribution >= 0.6 is 0 Å². The lowest BCUT2D eigenvalue weighted by atomic mass is 9.84. The molecule has 6 heteroatoms. The number of ether oxygens (including phenoxy) is 2. The van der Waals surface area contributed by atoms with E-state index in [1.54, 1.807) is 13.8 Å². The fourth-order valence-electron chi connectivity index (χ4n) is 2.29. The fraction of sp³-hybridized carbons (Fsp3) is 0.857. The summed E-state index contributed by atoms with van der Waals surface area (Å²) in [5.74, 6) is -0.266. The van der Waals surface area contributed by atoms with Gasteiger partial charge in [-0.05, 0) is 19.8 Å². The van der Waals surface area contributed by atoms with E-state index in [4.69, 9.17) is 15.2 Å². The van der Waals surface area contributed by atoms with Crippen LogP contribution in [0.25, 0.3) is 0 Å². The number of nitrogens with two attached hydrogens (primary N) is 1. The van der Waals surface area contributed by atoms with Crippen LogP contribution in [-0.4, -0.2) is 55.7 Å². The number of hydrogen-bond donors (Lipinski definition) is 1. The fourth-order valence-corrected chi connectivity index (χ4v) is 2.29. The Bertz CT molecular complexity index is 359. The number of esters is 1. The molecule has 1 rings (SSSR count). The number of rotatable bonds is 6. The molecule has 2 atom stereocenters. The Labute approximate surface area is 120 Å². The van der Waals surface area contributed by atoms with E-state index in [0.717, 1.165) is 0 Å². The van der Waals surface area contributed by atoms with Gasteiger partial charge in [-0.2, -0.15) is 0 Å². The SMILES string of the molecule is CCOC(=O)CN(CC(C)C)C(=O)C1(C)COCC1N. The maximum absolute atomic E-state index is 12.7. The van der Waals surface area contributed by atoms with Crippen molar-refractivity contribution in [2.75, 3.05) is 32.9 Å². The Morgan fingerprint density at radius 2 is 2.15 bits per heavy atom. The molecule has 20 heavy (non-hydrogen) atoms. The smallest absolute Gasteiger partial charge is 0.325 e. The summed E-state index contributed by atoms with van der Waals surface area (Å²) in [6, 6.07) is -0.341. The van der Waals surface area contributed by atoms with Gasteiger partial charge in [-0.25, -0.2) is 0 Å². The molecule has 0 aromatic carbocycles. The van der Waals surface area contributed by atoms with Crippen molar-refractivity contribution < 1.29 is 19.1 Å². The third kappa shape index (κ3) is 3.93. The first-order chi connectivity index (χ1) is 9.31. The molecule has 0 radical (unpaired) electrons. The molecule has 0 aromatic rings. The highest BCUT2D eigenvalue weighted by Gasteiger charge is 2.46. The molecule has 0 saturated carbocycles. The molecule has 0 spiro atoms. The molecule has 0 bridgehead atoms. The van der Waals surface area contributed by atoms with Gasteiger partial charge in [-0.15, -0.1) is 0 Å². The average Bonchev–Trinajstić information content (AvgIpc) is 2.69. The van der Waals surface area contributed by atoms with Gasteiger partial charge in [0, 0.05) is 12.6 Å². The minimum Gasteiger partial charge on any atom is -0.465 e. The van der Waals surface area contributed by atoms with E-state index in [0.29, 0.717) is 26.4 Å². The van der Waals surface area contributed by atoms with Gasteiger partial charge < -0.3 is 20.1 Å². The van der Waals surface area contributed by atoms with Crippen molar-refractivity contribution in [2.24, 2.45) is 17.1 Å². The standard InChI is InChI=1S/C14H26N2O4/c1-5-20-12(17)7-16(6-10(2)3)13(18)14(4)9-19-8-11(14)15/h10-11H,5-9,15H2,1-4H3. The normalized spacial score (nSPS) is 25.8. The van der Waals surface area contributed by atoms with Gasteiger partial charge in [0.05, 0.1) is 25.2 Å². The van der Waals surface area contributed by atoms with Crippen LogP contribution in [0, 0.1) is 11.3 Å². The van der Waals surface area contributed by atoms with Crippen LogP contribution in [-0.2, 0) is 19.1 Å². The van der Waals surface area contributed by atoms with Crippen molar-refractivity contribution >= 4 is 11.9 Å². The summed E-state index contributed by atoms with van der Waals surface area (Å²) in [5.41, 5.74) is 5.22. The zero-order valence-electron chi connectivity index (χ0n) is 12.8. The lowest BCUT2D eigenvalue weighted by Crippen LogP contribution is -2.53. The predicted molar refractivity (Wildman–Crippen MR) is 75.0 cm³/mol. The summed E-state index contributed by atoms with van der Waals surface area (Å²) >= 11 is 0. The monoisotopic (exact) mass is 286 g/mol. The van der Waals surface area contributed by atoms with E-state index in [2.05, 4.69) is 0 Å². The molecule has 0 aromatic heterocycles. The summed E-state index contributed by atoms with van der Waals surface area (Å²) < 4.78 is 10.2. The number of carbonyl (C=O) groups excluding carboxylic acids is 2. The van der Waals surface area contributed by atoms with Crippen LogP contribution in [0.4, 0.5) is 0 Å². The van der Waals surface area contributed by atoms with E-state index in [1.165, 1.54) is 4.90 Å². The first-order valence-electron chi connectivity index (χ1n) is 7.09. The largest absolute Gasteiger partial charge is 0.465 e. The third-order valence-electron chi connectivity index (χ3n) is 3.50. The summed E-state index contributed by atoms with van der Waals surface area (Å²) in [6.07, 6.45) is 0. The first kappa shape index (κ1) is 16.9. The molecular formula is C14H26N2O4. The van der Waals surface area contributed by atoms with Gasteiger partial charge in [0.15, 0.2) is 0 Å². The minimum atomic E-state index is -0.763. The maximum atomic E-state index is 12.7. The van der Waals surface area contributed by atoms with E-state index >= 15 is 0 Å². The Kier molecular flexibility index (Phi) is 5.95. The second-order valence-electron chi connectivity index (χ2n) is 5.92. The predicted octanol–water partition coefficient (Wildman–Crippen LogP) is 0.398. The molecule has 1 aliphatic rings. The van der Waals surface area contributed by atoms with Crippen molar-refractivity contribution in [3.8, 4) is 0 Å². The Morgan fingerprint density at radius 1 is 1.50 bits per heavy atom. The molecule has 6 nitrogen and oxygen atoms in total. The van der Waals surface area contributed by atoms with Crippen molar-refractivity contribution in [1.29, 1.82) is 0 Å². The van der Waals surface area contributed by atoms with Crippen molar-refractivity contribution in [3.63, 3.8) is 0 Å². The van der Waals surface area contributed by atoms with Gasteiger partial charge in [-0.3, -0.25) is 9.59 Å². The van der Waals surface area contributed by atoms with E-state index in [9.17, 15) is 9.59 Å². The van der Waals surface area contributed by atoms with Crippen molar-refractivity contribution in [2.45, 2.75) is 33.7 Å². The Morgan fingerprint density at radius 3 is 2.60 bits per heavy atom. The summed E-state index contributed by atoms with van der Waals surface area (Å²) in [6.45, 7) is 8.98. The zero-order chi connectivity index (χ0) is 15.3. The van der Waals surface area contributed by atoms with Crippen LogP contribution in [0.2, 0.25) is 0 Å². The second-order valence-corrected chi connectivity index (χ2v) is 5.92. The summed E-state index contributed by atoms with van der Waals surface area (Å²) in [4.78, 5) is 25.9. The van der Waals surface area contributed by atoms with Crippen LogP contribution < -0.4 is 5.73 Å². The molecule has 1 aliphatic heterocycles. The molecule has 116 valence electrons. The van der Waals surface area contributed by atoms with Crippen LogP contribution in [0.5, 0.6) is 0 Å². The highest BCUT2D eigenvalue weighted by atomic mass is 16.5. The number of nitrogens with zero attached hydrogens (tertiary/aromatic N) is 1. The molecule has 1 amide bonds. The van der Waals surface area contributed by atoms with E-state index in [1.807, 2.05) is 13.8 Å². The van der Waals surface area contributed by atoms with Crippen LogP contribution in [0.1, 0.15) is 27.7 Å². The summed E-state index contributed by atoms with van der Waals surface area (Å²) in [7, 11) is 0. The van der Waals surface area contributed by atoms with Gasteiger partial charge in [0.1, 0.15) is 6.54 Å². The maximum Gasteiger partial charge on any atom is 0.325 e. The van der Waals surface area contributed by atoms with E-state index in [-0.39, 0.29) is 24.4 Å².